The van der Waals surface area contributed by atoms with Gasteiger partial charge in [0, 0.05) is 30.5 Å². The van der Waals surface area contributed by atoms with Crippen molar-refractivity contribution < 1.29 is 27.2 Å². The van der Waals surface area contributed by atoms with Crippen molar-refractivity contribution in [3.05, 3.63) is 236 Å². The van der Waals surface area contributed by atoms with Gasteiger partial charge in [-0.25, -0.2) is 26.9 Å². The van der Waals surface area contributed by atoms with Crippen LogP contribution in [0.25, 0.3) is 11.4 Å². The molecule has 2 saturated carbocycles. The van der Waals surface area contributed by atoms with E-state index in [-0.39, 0.29) is 47.9 Å². The number of benzene rings is 6. The van der Waals surface area contributed by atoms with Crippen LogP contribution in [0.2, 0.25) is 0 Å². The number of nitrogens with two attached hydrogens (primary N) is 1. The number of hydrogen-bond acceptors (Lipinski definition) is 7. The van der Waals surface area contributed by atoms with Crippen LogP contribution in [0.1, 0.15) is 122 Å². The standard InChI is InChI=1S/C31H31F2N3O.C30H30F2N4O.ClH/c1-3-21-6-5-9-26(16-21)36-29(14-20(2)35-36)30(37)17-23-7-4-8-24(15-23)31(34-19-22-10-11-22)27-18-25(32)12-13-28(27)33;1-19-12-28(36(35-19)25-7-3-5-22(14-25)17-33)29(37)15-21-4-2-6-23(13-21)30(34-18-20-8-9-20)26-16-24(31)10-11-27(26)32;/h4-9,12-16,18,22,31,34H,3,10-11,17,19H2,1-2H3;2-7,10-14,16,20,30,34H,8-9,15,17-18,33H2,1H3;1H. The van der Waals surface area contributed by atoms with Crippen LogP contribution in [-0.4, -0.2) is 44.2 Å². The summed E-state index contributed by atoms with van der Waals surface area (Å²) in [4.78, 5) is 26.9. The molecule has 9 nitrogen and oxygen atoms in total. The van der Waals surface area contributed by atoms with Crippen LogP contribution in [0.15, 0.2) is 146 Å². The van der Waals surface area contributed by atoms with Gasteiger partial charge >= 0.3 is 0 Å². The molecule has 10 rings (SSSR count). The second-order valence-corrected chi connectivity index (χ2v) is 19.7. The summed E-state index contributed by atoms with van der Waals surface area (Å²) >= 11 is 0. The molecule has 14 heteroatoms. The molecule has 0 amide bonds. The summed E-state index contributed by atoms with van der Waals surface area (Å²) in [6.45, 7) is 7.68. The molecule has 0 spiro atoms. The number of nitrogens with one attached hydrogen (secondary N) is 2. The lowest BCUT2D eigenvalue weighted by molar-refractivity contribution is 0.0977. The largest absolute Gasteiger partial charge is 0.326 e. The van der Waals surface area contributed by atoms with Crippen LogP contribution in [0.3, 0.4) is 0 Å². The Morgan fingerprint density at radius 3 is 1.40 bits per heavy atom. The Labute approximate surface area is 442 Å². The lowest BCUT2D eigenvalue weighted by Crippen LogP contribution is -2.26. The fourth-order valence-electron chi connectivity index (χ4n) is 9.33. The van der Waals surface area contributed by atoms with Gasteiger partial charge in [-0.05, 0) is 177 Å². The maximum absolute atomic E-state index is 14.8. The van der Waals surface area contributed by atoms with E-state index in [1.165, 1.54) is 23.8 Å². The van der Waals surface area contributed by atoms with Crippen molar-refractivity contribution in [1.29, 1.82) is 0 Å². The molecule has 388 valence electrons. The summed E-state index contributed by atoms with van der Waals surface area (Å²) in [6, 6.07) is 40.4. The first-order valence-corrected chi connectivity index (χ1v) is 25.4. The normalized spacial score (nSPS) is 13.9. The number of ketones is 2. The smallest absolute Gasteiger partial charge is 0.185 e. The van der Waals surface area contributed by atoms with Crippen molar-refractivity contribution in [2.45, 2.75) is 84.3 Å². The minimum absolute atomic E-state index is 0. The maximum atomic E-state index is 14.8. The first-order chi connectivity index (χ1) is 35.8. The van der Waals surface area contributed by atoms with Crippen molar-refractivity contribution in [2.24, 2.45) is 17.6 Å². The third kappa shape index (κ3) is 13.8. The monoisotopic (exact) mass is 1040 g/mol. The van der Waals surface area contributed by atoms with Gasteiger partial charge in [0.05, 0.1) is 34.8 Å². The molecule has 8 aromatic rings. The van der Waals surface area contributed by atoms with Gasteiger partial charge in [-0.3, -0.25) is 9.59 Å². The SMILES string of the molecule is CCc1cccc(-n2nc(C)cc2C(=O)Cc2cccc(C(NCC3CC3)c3cc(F)ccc3F)c2)c1.Cc1cc(C(=O)Cc2cccc(C(NCC3CC3)c3cc(F)ccc3F)c2)n(-c2cccc(CN)c2)n1.Cl. The van der Waals surface area contributed by atoms with Crippen molar-refractivity contribution in [1.82, 2.24) is 30.2 Å². The number of rotatable bonds is 20. The summed E-state index contributed by atoms with van der Waals surface area (Å²) in [5.74, 6) is -0.890. The Morgan fingerprint density at radius 2 is 0.973 bits per heavy atom. The highest BCUT2D eigenvalue weighted by molar-refractivity contribution is 5.97. The van der Waals surface area contributed by atoms with Crippen LogP contribution >= 0.6 is 12.4 Å². The third-order valence-corrected chi connectivity index (χ3v) is 13.6. The van der Waals surface area contributed by atoms with Crippen LogP contribution < -0.4 is 16.4 Å². The third-order valence-electron chi connectivity index (χ3n) is 13.6. The second-order valence-electron chi connectivity index (χ2n) is 19.7. The van der Waals surface area contributed by atoms with Gasteiger partial charge in [0.15, 0.2) is 11.6 Å². The summed E-state index contributed by atoms with van der Waals surface area (Å²) in [7, 11) is 0. The van der Waals surface area contributed by atoms with Crippen molar-refractivity contribution >= 4 is 24.0 Å². The first-order valence-electron chi connectivity index (χ1n) is 25.4. The Balaban J connectivity index is 0.000000197. The van der Waals surface area contributed by atoms with Crippen molar-refractivity contribution in [2.75, 3.05) is 13.1 Å². The van der Waals surface area contributed by atoms with Gasteiger partial charge in [0.1, 0.15) is 34.7 Å². The first kappa shape index (κ1) is 54.2. The molecule has 2 heterocycles. The minimum Gasteiger partial charge on any atom is -0.326 e. The maximum Gasteiger partial charge on any atom is 0.185 e. The van der Waals surface area contributed by atoms with E-state index in [4.69, 9.17) is 5.73 Å². The molecule has 2 fully saturated rings. The quantitative estimate of drug-likeness (QED) is 0.0514. The van der Waals surface area contributed by atoms with E-state index >= 15 is 0 Å². The predicted molar refractivity (Wildman–Crippen MR) is 288 cm³/mol. The molecule has 75 heavy (non-hydrogen) atoms. The van der Waals surface area contributed by atoms with Gasteiger partial charge in [0.25, 0.3) is 0 Å². The van der Waals surface area contributed by atoms with Crippen LogP contribution in [0.5, 0.6) is 0 Å². The number of Topliss-reactive ketones (excluding diaryl/α,β-unsaturated/α-hetero) is 2. The molecule has 0 aliphatic heterocycles. The summed E-state index contributed by atoms with van der Waals surface area (Å²) in [5.41, 5.74) is 15.8. The van der Waals surface area contributed by atoms with Gasteiger partial charge < -0.3 is 16.4 Å². The highest BCUT2D eigenvalue weighted by Crippen LogP contribution is 2.33. The molecule has 6 aromatic carbocycles. The number of halogens is 5. The zero-order valence-corrected chi connectivity index (χ0v) is 43.2. The molecule has 2 unspecified atom stereocenters. The zero-order valence-electron chi connectivity index (χ0n) is 42.3. The van der Waals surface area contributed by atoms with Crippen LogP contribution in [0.4, 0.5) is 17.6 Å². The molecule has 0 radical (unpaired) electrons. The van der Waals surface area contributed by atoms with Gasteiger partial charge in [-0.2, -0.15) is 10.2 Å². The number of carbonyl (C=O) groups excluding carboxylic acids is 2. The van der Waals surface area contributed by atoms with E-state index in [1.54, 1.807) is 15.4 Å². The zero-order chi connectivity index (χ0) is 51.9. The second kappa shape index (κ2) is 24.5. The molecule has 4 N–H and O–H groups in total. The van der Waals surface area contributed by atoms with E-state index in [2.05, 4.69) is 33.8 Å². The number of aromatic nitrogens is 4. The molecular weight excluding hydrogens is 974 g/mol. The van der Waals surface area contributed by atoms with Crippen LogP contribution in [0, 0.1) is 49.0 Å². The fourth-order valence-corrected chi connectivity index (χ4v) is 9.33. The van der Waals surface area contributed by atoms with Gasteiger partial charge in [-0.1, -0.05) is 79.7 Å². The molecule has 0 bridgehead atoms. The number of hydrogen-bond donors (Lipinski definition) is 3. The Morgan fingerprint density at radius 1 is 0.560 bits per heavy atom. The summed E-state index contributed by atoms with van der Waals surface area (Å²) in [5, 5.41) is 16.0. The Bertz CT molecular complexity index is 3080. The highest BCUT2D eigenvalue weighted by Gasteiger charge is 2.28. The lowest BCUT2D eigenvalue weighted by atomic mass is 9.95. The number of aryl methyl sites for hydroxylation is 3. The molecule has 2 aliphatic rings. The van der Waals surface area contributed by atoms with E-state index in [9.17, 15) is 27.2 Å². The average Bonchev–Trinajstić information content (AvgIpc) is 4.34. The molecule has 0 saturated heterocycles. The van der Waals surface area contributed by atoms with E-state index in [0.717, 1.165) is 114 Å². The van der Waals surface area contributed by atoms with Gasteiger partial charge in [0.2, 0.25) is 0 Å². The highest BCUT2D eigenvalue weighted by atomic mass is 35.5. The summed E-state index contributed by atoms with van der Waals surface area (Å²) in [6.07, 6.45) is 5.79. The molecule has 2 atom stereocenters. The predicted octanol–water partition coefficient (Wildman–Crippen LogP) is 12.4. The van der Waals surface area contributed by atoms with Crippen molar-refractivity contribution in [3.8, 4) is 11.4 Å². The van der Waals surface area contributed by atoms with Crippen LogP contribution in [-0.2, 0) is 25.8 Å². The number of nitrogens with zero attached hydrogens (tertiary/aromatic N) is 4. The molecular formula is C61H62ClF4N7O2. The summed E-state index contributed by atoms with van der Waals surface area (Å²) < 4.78 is 61.0. The fraction of sp³-hybridized carbons (Fsp3) is 0.279. The Hall–Kier alpha value is -7.03. The molecule has 2 aliphatic carbocycles. The van der Waals surface area contributed by atoms with E-state index < -0.39 is 35.4 Å². The average molecular weight is 1040 g/mol. The lowest BCUT2D eigenvalue weighted by Gasteiger charge is -2.21. The van der Waals surface area contributed by atoms with Crippen molar-refractivity contribution in [3.63, 3.8) is 0 Å². The number of carbonyl (C=O) groups is 2. The Kier molecular flexibility index (Phi) is 17.8. The van der Waals surface area contributed by atoms with Gasteiger partial charge in [-0.15, -0.1) is 12.4 Å². The molecule has 2 aromatic heterocycles. The van der Waals surface area contributed by atoms with E-state index in [1.807, 2.05) is 111 Å². The topological polar surface area (TPSA) is 120 Å². The van der Waals surface area contributed by atoms with E-state index in [0.29, 0.717) is 29.8 Å². The minimum atomic E-state index is -0.516.